The summed E-state index contributed by atoms with van der Waals surface area (Å²) in [5.74, 6) is -0.0736. The number of ether oxygens (including phenoxy) is 2. The minimum atomic E-state index is -0.691. The molecule has 0 atom stereocenters. The fraction of sp³-hybridized carbons (Fsp3) is 0.364. The number of carbonyl (C=O) groups excluding carboxylic acids is 2. The van der Waals surface area contributed by atoms with Crippen LogP contribution in [0.2, 0.25) is 0 Å². The molecule has 0 spiro atoms. The number of halogens is 4. The van der Waals surface area contributed by atoms with Crippen LogP contribution >= 0.6 is 63.7 Å². The molecule has 0 aliphatic heterocycles. The van der Waals surface area contributed by atoms with E-state index in [1.165, 1.54) is 0 Å². The Hall–Kier alpha value is -0.700. The van der Waals surface area contributed by atoms with E-state index in [4.69, 9.17) is 9.47 Å². The van der Waals surface area contributed by atoms with Crippen LogP contribution in [0.25, 0.3) is 11.1 Å². The van der Waals surface area contributed by atoms with Gasteiger partial charge >= 0.3 is 11.9 Å². The molecule has 0 fully saturated rings. The van der Waals surface area contributed by atoms with Crippen LogP contribution in [0.3, 0.4) is 0 Å². The SMILES string of the molecule is CC(C)(C)C(=O)Oc1c(Br)cc(Br)cc1-c1cc(Br)cc(Br)c1OC(=O)C(C)(C)C. The molecule has 0 bridgehead atoms. The normalized spacial score (nSPS) is 11.9. The molecule has 0 saturated carbocycles. The fourth-order valence-corrected chi connectivity index (χ4v) is 4.83. The third-order valence-corrected chi connectivity index (χ3v) is 6.01. The van der Waals surface area contributed by atoms with Gasteiger partial charge < -0.3 is 9.47 Å². The van der Waals surface area contributed by atoms with Crippen molar-refractivity contribution in [3.05, 3.63) is 42.2 Å². The maximum atomic E-state index is 12.6. The second kappa shape index (κ2) is 9.43. The Labute approximate surface area is 210 Å². The van der Waals surface area contributed by atoms with Gasteiger partial charge in [-0.05, 0) is 97.7 Å². The van der Waals surface area contributed by atoms with Gasteiger partial charge in [0.2, 0.25) is 0 Å². The average Bonchev–Trinajstić information content (AvgIpc) is 2.57. The van der Waals surface area contributed by atoms with Crippen molar-refractivity contribution in [2.45, 2.75) is 41.5 Å². The van der Waals surface area contributed by atoms with E-state index in [2.05, 4.69) is 63.7 Å². The van der Waals surface area contributed by atoms with Gasteiger partial charge in [0.05, 0.1) is 19.8 Å². The summed E-state index contributed by atoms with van der Waals surface area (Å²) in [6.07, 6.45) is 0. The van der Waals surface area contributed by atoms with Gasteiger partial charge in [0, 0.05) is 20.1 Å². The lowest BCUT2D eigenvalue weighted by Gasteiger charge is -2.22. The molecular formula is C22H22Br4O4. The molecule has 0 heterocycles. The van der Waals surface area contributed by atoms with Crippen molar-refractivity contribution < 1.29 is 19.1 Å². The fourth-order valence-electron chi connectivity index (χ4n) is 2.22. The Morgan fingerprint density at radius 3 is 1.20 bits per heavy atom. The molecular weight excluding hydrogens is 648 g/mol. The molecule has 0 aliphatic rings. The highest BCUT2D eigenvalue weighted by molar-refractivity contribution is 9.11. The number of esters is 2. The molecule has 162 valence electrons. The zero-order valence-electron chi connectivity index (χ0n) is 17.5. The summed E-state index contributed by atoms with van der Waals surface area (Å²) in [6, 6.07) is 7.22. The van der Waals surface area contributed by atoms with Crippen LogP contribution < -0.4 is 9.47 Å². The van der Waals surface area contributed by atoms with Gasteiger partial charge in [-0.3, -0.25) is 9.59 Å². The quantitative estimate of drug-likeness (QED) is 0.244. The molecule has 2 aromatic carbocycles. The minimum Gasteiger partial charge on any atom is -0.424 e. The number of hydrogen-bond acceptors (Lipinski definition) is 4. The van der Waals surface area contributed by atoms with E-state index < -0.39 is 10.8 Å². The summed E-state index contributed by atoms with van der Waals surface area (Å²) >= 11 is 14.0. The maximum absolute atomic E-state index is 12.6. The summed E-state index contributed by atoms with van der Waals surface area (Å²) in [7, 11) is 0. The highest BCUT2D eigenvalue weighted by Gasteiger charge is 2.29. The molecule has 2 aromatic rings. The second-order valence-corrected chi connectivity index (χ2v) is 12.3. The van der Waals surface area contributed by atoms with E-state index >= 15 is 0 Å². The summed E-state index contributed by atoms with van der Waals surface area (Å²) in [4.78, 5) is 25.2. The summed E-state index contributed by atoms with van der Waals surface area (Å²) < 4.78 is 14.3. The molecule has 0 aromatic heterocycles. The van der Waals surface area contributed by atoms with Gasteiger partial charge in [0.1, 0.15) is 0 Å². The van der Waals surface area contributed by atoms with E-state index in [0.29, 0.717) is 31.6 Å². The maximum Gasteiger partial charge on any atom is 0.316 e. The van der Waals surface area contributed by atoms with Crippen molar-refractivity contribution in [3.8, 4) is 22.6 Å². The smallest absolute Gasteiger partial charge is 0.316 e. The lowest BCUT2D eigenvalue weighted by Crippen LogP contribution is -2.26. The highest BCUT2D eigenvalue weighted by Crippen LogP contribution is 2.47. The summed E-state index contributed by atoms with van der Waals surface area (Å²) in [5.41, 5.74) is -0.202. The lowest BCUT2D eigenvalue weighted by molar-refractivity contribution is -0.143. The van der Waals surface area contributed by atoms with Gasteiger partial charge in [-0.25, -0.2) is 0 Å². The number of rotatable bonds is 3. The van der Waals surface area contributed by atoms with Gasteiger partial charge in [-0.15, -0.1) is 0 Å². The van der Waals surface area contributed by atoms with Crippen molar-refractivity contribution in [2.75, 3.05) is 0 Å². The number of hydrogen-bond donors (Lipinski definition) is 0. The Morgan fingerprint density at radius 2 is 0.933 bits per heavy atom. The van der Waals surface area contributed by atoms with Crippen molar-refractivity contribution >= 4 is 75.7 Å². The van der Waals surface area contributed by atoms with Crippen molar-refractivity contribution in [1.82, 2.24) is 0 Å². The monoisotopic (exact) mass is 666 g/mol. The molecule has 2 rings (SSSR count). The second-order valence-electron chi connectivity index (χ2n) is 8.81. The van der Waals surface area contributed by atoms with Crippen LogP contribution in [0, 0.1) is 10.8 Å². The standard InChI is InChI=1S/C22H22Br4O4/c1-21(2,3)19(27)29-17-13(7-11(23)9-15(17)25)14-8-12(24)10-16(26)18(14)30-20(28)22(4,5)6/h7-10H,1-6H3. The molecule has 0 saturated heterocycles. The van der Waals surface area contributed by atoms with Crippen molar-refractivity contribution in [3.63, 3.8) is 0 Å². The van der Waals surface area contributed by atoms with Crippen LogP contribution in [0.1, 0.15) is 41.5 Å². The van der Waals surface area contributed by atoms with Crippen LogP contribution in [-0.2, 0) is 9.59 Å². The predicted molar refractivity (Wildman–Crippen MR) is 133 cm³/mol. The van der Waals surface area contributed by atoms with Gasteiger partial charge in [-0.2, -0.15) is 0 Å². The van der Waals surface area contributed by atoms with Crippen molar-refractivity contribution in [2.24, 2.45) is 10.8 Å². The topological polar surface area (TPSA) is 52.6 Å². The summed E-state index contributed by atoms with van der Waals surface area (Å²) in [5, 5.41) is 0. The highest BCUT2D eigenvalue weighted by atomic mass is 79.9. The molecule has 0 amide bonds. The first-order valence-electron chi connectivity index (χ1n) is 9.04. The molecule has 0 unspecified atom stereocenters. The van der Waals surface area contributed by atoms with E-state index in [1.807, 2.05) is 12.1 Å². The van der Waals surface area contributed by atoms with E-state index in [0.717, 1.165) is 8.95 Å². The number of carbonyl (C=O) groups is 2. The van der Waals surface area contributed by atoms with Gasteiger partial charge in [0.25, 0.3) is 0 Å². The Morgan fingerprint density at radius 1 is 0.633 bits per heavy atom. The zero-order valence-corrected chi connectivity index (χ0v) is 23.8. The molecule has 4 nitrogen and oxygen atoms in total. The van der Waals surface area contributed by atoms with Crippen LogP contribution in [0.5, 0.6) is 11.5 Å². The molecule has 0 aliphatic carbocycles. The Balaban J connectivity index is 2.74. The van der Waals surface area contributed by atoms with E-state index in [-0.39, 0.29) is 11.9 Å². The van der Waals surface area contributed by atoms with Crippen LogP contribution in [0.15, 0.2) is 42.2 Å². The molecule has 0 N–H and O–H groups in total. The Bertz CT molecular complexity index is 920. The predicted octanol–water partition coefficient (Wildman–Crippen LogP) is 8.31. The third kappa shape index (κ3) is 6.17. The first-order chi connectivity index (χ1) is 13.6. The van der Waals surface area contributed by atoms with Gasteiger partial charge in [0.15, 0.2) is 11.5 Å². The lowest BCUT2D eigenvalue weighted by atomic mass is 9.96. The zero-order chi connectivity index (χ0) is 23.0. The summed E-state index contributed by atoms with van der Waals surface area (Å²) in [6.45, 7) is 10.7. The largest absolute Gasteiger partial charge is 0.424 e. The van der Waals surface area contributed by atoms with Crippen LogP contribution in [0.4, 0.5) is 0 Å². The van der Waals surface area contributed by atoms with Crippen molar-refractivity contribution in [1.29, 1.82) is 0 Å². The van der Waals surface area contributed by atoms with E-state index in [1.54, 1.807) is 53.7 Å². The Kier molecular flexibility index (Phi) is 8.03. The number of benzene rings is 2. The molecule has 0 radical (unpaired) electrons. The third-order valence-electron chi connectivity index (χ3n) is 3.92. The first-order valence-corrected chi connectivity index (χ1v) is 12.2. The average molecular weight is 670 g/mol. The minimum absolute atomic E-state index is 0.344. The molecule has 8 heteroatoms. The first kappa shape index (κ1) is 25.6. The molecule has 30 heavy (non-hydrogen) atoms. The van der Waals surface area contributed by atoms with E-state index in [9.17, 15) is 9.59 Å². The van der Waals surface area contributed by atoms with Crippen LogP contribution in [-0.4, -0.2) is 11.9 Å². The van der Waals surface area contributed by atoms with Gasteiger partial charge in [-0.1, -0.05) is 31.9 Å².